The Balaban J connectivity index is 1.61. The number of benzene rings is 1. The van der Waals surface area contributed by atoms with Gasteiger partial charge < -0.3 is 21.5 Å². The topological polar surface area (TPSA) is 116 Å². The van der Waals surface area contributed by atoms with E-state index in [4.69, 9.17) is 16.2 Å². The summed E-state index contributed by atoms with van der Waals surface area (Å²) in [7, 11) is 1.31. The molecule has 4 rings (SSSR count). The van der Waals surface area contributed by atoms with Gasteiger partial charge in [0.05, 0.1) is 24.6 Å². The highest BCUT2D eigenvalue weighted by Crippen LogP contribution is 2.39. The molecule has 3 aromatic rings. The van der Waals surface area contributed by atoms with Crippen molar-refractivity contribution in [2.75, 3.05) is 18.2 Å². The van der Waals surface area contributed by atoms with E-state index in [9.17, 15) is 13.6 Å². The van der Waals surface area contributed by atoms with Crippen LogP contribution in [-0.4, -0.2) is 29.0 Å². The molecule has 1 aromatic carbocycles. The van der Waals surface area contributed by atoms with Crippen LogP contribution >= 0.6 is 11.3 Å². The number of nitrogen functional groups attached to an aromatic ring is 1. The zero-order valence-electron chi connectivity index (χ0n) is 18.3. The zero-order valence-corrected chi connectivity index (χ0v) is 19.1. The van der Waals surface area contributed by atoms with E-state index in [1.54, 1.807) is 12.4 Å². The second-order valence-corrected chi connectivity index (χ2v) is 9.41. The van der Waals surface area contributed by atoms with Crippen LogP contribution < -0.4 is 21.5 Å². The largest absolute Gasteiger partial charge is 0.497 e. The summed E-state index contributed by atoms with van der Waals surface area (Å²) in [6, 6.07) is 4.07. The van der Waals surface area contributed by atoms with Gasteiger partial charge in [0, 0.05) is 24.4 Å². The number of carbonyl (C=O) groups is 1. The number of rotatable bonds is 5. The lowest BCUT2D eigenvalue weighted by molar-refractivity contribution is 0.102. The van der Waals surface area contributed by atoms with Crippen LogP contribution in [0.5, 0.6) is 5.75 Å². The Hall–Kier alpha value is -3.11. The summed E-state index contributed by atoms with van der Waals surface area (Å²) in [5.74, 6) is -1.59. The van der Waals surface area contributed by atoms with Crippen molar-refractivity contribution >= 4 is 27.9 Å². The number of methoxy groups -OCH3 is 1. The molecule has 33 heavy (non-hydrogen) atoms. The molecule has 1 aliphatic carbocycles. The summed E-state index contributed by atoms with van der Waals surface area (Å²) in [4.78, 5) is 21.3. The Morgan fingerprint density at radius 2 is 1.97 bits per heavy atom. The van der Waals surface area contributed by atoms with E-state index in [0.29, 0.717) is 11.6 Å². The number of hydrogen-bond acceptors (Lipinski definition) is 7. The van der Waals surface area contributed by atoms with Crippen LogP contribution in [0.25, 0.3) is 10.6 Å². The standard InChI is InChI=1S/C23H25F2N5O2S/c1-11-5-12(7-13(26)6-11)15-3-4-28-10-18(15)29-22(31)20-21(27)33-23(30-20)19-16(24)8-14(32-2)9-17(19)25/h3-4,8-13H,5-7,26-27H2,1-2H3,(H,29,31)/t11-,12+,13-/m0/s1. The molecule has 0 aliphatic heterocycles. The van der Waals surface area contributed by atoms with Crippen LogP contribution in [0.15, 0.2) is 30.6 Å². The Morgan fingerprint density at radius 3 is 2.64 bits per heavy atom. The van der Waals surface area contributed by atoms with Crippen LogP contribution in [-0.2, 0) is 0 Å². The highest BCUT2D eigenvalue weighted by Gasteiger charge is 2.28. The number of nitrogens with one attached hydrogen (secondary N) is 1. The molecule has 1 saturated carbocycles. The van der Waals surface area contributed by atoms with Gasteiger partial charge in [-0.1, -0.05) is 18.3 Å². The maximum atomic E-state index is 14.5. The van der Waals surface area contributed by atoms with Crippen LogP contribution in [0.3, 0.4) is 0 Å². The van der Waals surface area contributed by atoms with Crippen LogP contribution in [0, 0.1) is 17.6 Å². The summed E-state index contributed by atoms with van der Waals surface area (Å²) in [6.45, 7) is 2.17. The molecular formula is C23H25F2N5O2S. The normalized spacial score (nSPS) is 20.5. The number of nitrogens with two attached hydrogens (primary N) is 2. The molecule has 0 saturated heterocycles. The molecule has 5 N–H and O–H groups in total. The van der Waals surface area contributed by atoms with Gasteiger partial charge in [-0.2, -0.15) is 0 Å². The fourth-order valence-electron chi connectivity index (χ4n) is 4.43. The zero-order chi connectivity index (χ0) is 23.7. The molecule has 10 heteroatoms. The summed E-state index contributed by atoms with van der Waals surface area (Å²) in [6.07, 6.45) is 6.00. The molecule has 1 fully saturated rings. The molecule has 2 aromatic heterocycles. The van der Waals surface area contributed by atoms with E-state index in [2.05, 4.69) is 22.2 Å². The fourth-order valence-corrected chi connectivity index (χ4v) is 5.31. The summed E-state index contributed by atoms with van der Waals surface area (Å²) in [5, 5.41) is 2.84. The number of ether oxygens (including phenoxy) is 1. The molecule has 0 unspecified atom stereocenters. The molecule has 0 radical (unpaired) electrons. The van der Waals surface area contributed by atoms with Crippen molar-refractivity contribution in [3.63, 3.8) is 0 Å². The third-order valence-corrected chi connectivity index (χ3v) is 6.76. The molecule has 3 atom stereocenters. The lowest BCUT2D eigenvalue weighted by Crippen LogP contribution is -2.31. The van der Waals surface area contributed by atoms with E-state index in [-0.39, 0.29) is 39.0 Å². The Morgan fingerprint density at radius 1 is 1.24 bits per heavy atom. The quantitative estimate of drug-likeness (QED) is 0.500. The number of aromatic nitrogens is 2. The first-order valence-corrected chi connectivity index (χ1v) is 11.4. The Bertz CT molecular complexity index is 1150. The Kier molecular flexibility index (Phi) is 6.57. The van der Waals surface area contributed by atoms with E-state index in [1.165, 1.54) is 7.11 Å². The van der Waals surface area contributed by atoms with Crippen molar-refractivity contribution in [1.29, 1.82) is 0 Å². The van der Waals surface area contributed by atoms with Crippen molar-refractivity contribution < 1.29 is 18.3 Å². The first kappa shape index (κ1) is 23.1. The Labute approximate surface area is 194 Å². The highest BCUT2D eigenvalue weighted by atomic mass is 32.1. The predicted molar refractivity (Wildman–Crippen MR) is 124 cm³/mol. The molecule has 7 nitrogen and oxygen atoms in total. The van der Waals surface area contributed by atoms with Crippen molar-refractivity contribution in [2.24, 2.45) is 11.7 Å². The van der Waals surface area contributed by atoms with Crippen LogP contribution in [0.2, 0.25) is 0 Å². The van der Waals surface area contributed by atoms with Crippen molar-refractivity contribution in [3.8, 4) is 16.3 Å². The molecule has 0 bridgehead atoms. The monoisotopic (exact) mass is 473 g/mol. The molecule has 2 heterocycles. The van der Waals surface area contributed by atoms with Gasteiger partial charge in [0.25, 0.3) is 5.91 Å². The lowest BCUT2D eigenvalue weighted by Gasteiger charge is -2.32. The number of carbonyl (C=O) groups excluding carboxylic acids is 1. The van der Waals surface area contributed by atoms with Gasteiger partial charge in [0.2, 0.25) is 0 Å². The van der Waals surface area contributed by atoms with E-state index < -0.39 is 17.5 Å². The average molecular weight is 474 g/mol. The average Bonchev–Trinajstić information content (AvgIpc) is 3.14. The number of pyridine rings is 1. The summed E-state index contributed by atoms with van der Waals surface area (Å²) in [5.41, 5.74) is 13.2. The smallest absolute Gasteiger partial charge is 0.277 e. The SMILES string of the molecule is COc1cc(F)c(-c2nc(C(=O)Nc3cnccc3[C@@H]3C[C@H](C)C[C@H](N)C3)c(N)s2)c(F)c1. The van der Waals surface area contributed by atoms with Gasteiger partial charge in [-0.15, -0.1) is 0 Å². The summed E-state index contributed by atoms with van der Waals surface area (Å²) >= 11 is 0.834. The van der Waals surface area contributed by atoms with Gasteiger partial charge in [-0.05, 0) is 42.7 Å². The fraction of sp³-hybridized carbons (Fsp3) is 0.348. The van der Waals surface area contributed by atoms with Crippen molar-refractivity contribution in [1.82, 2.24) is 9.97 Å². The highest BCUT2D eigenvalue weighted by molar-refractivity contribution is 7.19. The van der Waals surface area contributed by atoms with Crippen molar-refractivity contribution in [3.05, 3.63) is 53.5 Å². The van der Waals surface area contributed by atoms with Gasteiger partial charge >= 0.3 is 0 Å². The number of nitrogens with zero attached hydrogens (tertiary/aromatic N) is 2. The van der Waals surface area contributed by atoms with Crippen LogP contribution in [0.1, 0.15) is 48.2 Å². The number of thiazole rings is 1. The maximum Gasteiger partial charge on any atom is 0.277 e. The minimum Gasteiger partial charge on any atom is -0.497 e. The van der Waals surface area contributed by atoms with Crippen LogP contribution in [0.4, 0.5) is 19.5 Å². The van der Waals surface area contributed by atoms with E-state index in [0.717, 1.165) is 48.3 Å². The second-order valence-electron chi connectivity index (χ2n) is 8.38. The molecule has 174 valence electrons. The number of amides is 1. The van der Waals surface area contributed by atoms with E-state index >= 15 is 0 Å². The predicted octanol–water partition coefficient (Wildman–Crippen LogP) is 4.56. The molecular weight excluding hydrogens is 448 g/mol. The number of halogens is 2. The van der Waals surface area contributed by atoms with Crippen molar-refractivity contribution in [2.45, 2.75) is 38.1 Å². The van der Waals surface area contributed by atoms with E-state index in [1.807, 2.05) is 6.07 Å². The third-order valence-electron chi connectivity index (χ3n) is 5.86. The minimum atomic E-state index is -0.857. The second kappa shape index (κ2) is 9.40. The number of hydrogen-bond donors (Lipinski definition) is 3. The first-order chi connectivity index (χ1) is 15.8. The molecule has 0 spiro atoms. The lowest BCUT2D eigenvalue weighted by atomic mass is 9.76. The third kappa shape index (κ3) is 4.81. The number of anilines is 2. The minimum absolute atomic E-state index is 0.0335. The van der Waals surface area contributed by atoms with Gasteiger partial charge in [-0.25, -0.2) is 13.8 Å². The van der Waals surface area contributed by atoms with Gasteiger partial charge in [0.1, 0.15) is 27.4 Å². The molecule has 1 aliphatic rings. The summed E-state index contributed by atoms with van der Waals surface area (Å²) < 4.78 is 33.8. The molecule has 1 amide bonds. The van der Waals surface area contributed by atoms with Gasteiger partial charge in [-0.3, -0.25) is 9.78 Å². The first-order valence-electron chi connectivity index (χ1n) is 10.6. The maximum absolute atomic E-state index is 14.5. The van der Waals surface area contributed by atoms with Gasteiger partial charge in [0.15, 0.2) is 5.69 Å².